The van der Waals surface area contributed by atoms with Gasteiger partial charge in [-0.15, -0.1) is 6.58 Å². The van der Waals surface area contributed by atoms with Crippen LogP contribution in [0.1, 0.15) is 85.0 Å². The minimum absolute atomic E-state index is 0.588. The van der Waals surface area contributed by atoms with E-state index in [0.717, 1.165) is 53.6 Å². The molecule has 0 aliphatic heterocycles. The Morgan fingerprint density at radius 3 is 2.82 bits per heavy atom. The molecule has 3 fully saturated rings. The average molecular weight is 384 g/mol. The van der Waals surface area contributed by atoms with Crippen LogP contribution in [0.5, 0.6) is 0 Å². The molecule has 4 aliphatic rings. The standard InChI is InChI=1S/C26H41NO/c1-5-8-9-23-17(4)14-24-25-18(6-2)15-19-16-20(27-28)10-11-21(19)22(25)12-13-26(23,24)7-3/h5,16-18,21-25,28H,1,6-15H2,2-4H3/b27-20+. The zero-order chi connectivity index (χ0) is 19.9. The monoisotopic (exact) mass is 383 g/mol. The first-order valence-corrected chi connectivity index (χ1v) is 12.1. The first-order valence-electron chi connectivity index (χ1n) is 12.1. The van der Waals surface area contributed by atoms with E-state index in [1.165, 1.54) is 57.8 Å². The highest BCUT2D eigenvalue weighted by Gasteiger charge is 2.60. The fraction of sp³-hybridized carbons (Fsp3) is 0.808. The van der Waals surface area contributed by atoms with Crippen molar-refractivity contribution >= 4 is 5.71 Å². The summed E-state index contributed by atoms with van der Waals surface area (Å²) in [6.45, 7) is 11.5. The smallest absolute Gasteiger partial charge is 0.0795 e. The van der Waals surface area contributed by atoms with Crippen molar-refractivity contribution in [3.8, 4) is 0 Å². The maximum absolute atomic E-state index is 9.29. The van der Waals surface area contributed by atoms with E-state index in [9.17, 15) is 5.21 Å². The number of allylic oxidation sites excluding steroid dienone is 3. The van der Waals surface area contributed by atoms with Gasteiger partial charge in [0.1, 0.15) is 0 Å². The van der Waals surface area contributed by atoms with Crippen LogP contribution in [0.3, 0.4) is 0 Å². The van der Waals surface area contributed by atoms with Crippen molar-refractivity contribution in [1.29, 1.82) is 0 Å². The Kier molecular flexibility index (Phi) is 5.78. The number of hydrogen-bond donors (Lipinski definition) is 1. The van der Waals surface area contributed by atoms with Crippen molar-refractivity contribution in [3.05, 3.63) is 24.3 Å². The predicted molar refractivity (Wildman–Crippen MR) is 118 cm³/mol. The zero-order valence-corrected chi connectivity index (χ0v) is 18.4. The molecule has 4 rings (SSSR count). The highest BCUT2D eigenvalue weighted by molar-refractivity contribution is 5.96. The van der Waals surface area contributed by atoms with Gasteiger partial charge in [0.2, 0.25) is 0 Å². The Bertz CT molecular complexity index is 649. The number of rotatable bonds is 5. The van der Waals surface area contributed by atoms with E-state index in [-0.39, 0.29) is 0 Å². The summed E-state index contributed by atoms with van der Waals surface area (Å²) in [7, 11) is 0. The van der Waals surface area contributed by atoms with E-state index in [4.69, 9.17) is 0 Å². The molecule has 0 aromatic rings. The molecule has 8 atom stereocenters. The van der Waals surface area contributed by atoms with Crippen LogP contribution in [0.15, 0.2) is 29.5 Å². The molecule has 156 valence electrons. The maximum Gasteiger partial charge on any atom is 0.0795 e. The van der Waals surface area contributed by atoms with Crippen molar-refractivity contribution < 1.29 is 5.21 Å². The van der Waals surface area contributed by atoms with Gasteiger partial charge in [0.15, 0.2) is 0 Å². The first kappa shape index (κ1) is 20.2. The second kappa shape index (κ2) is 8.00. The van der Waals surface area contributed by atoms with Crippen LogP contribution in [-0.2, 0) is 0 Å². The molecule has 4 aliphatic carbocycles. The van der Waals surface area contributed by atoms with E-state index in [1.807, 2.05) is 0 Å². The summed E-state index contributed by atoms with van der Waals surface area (Å²) in [6.07, 6.45) is 17.4. The Morgan fingerprint density at radius 1 is 1.32 bits per heavy atom. The van der Waals surface area contributed by atoms with Crippen LogP contribution in [0, 0.1) is 46.8 Å². The molecule has 2 heteroatoms. The fourth-order valence-corrected chi connectivity index (χ4v) is 8.71. The molecule has 28 heavy (non-hydrogen) atoms. The van der Waals surface area contributed by atoms with Gasteiger partial charge in [-0.05, 0) is 111 Å². The summed E-state index contributed by atoms with van der Waals surface area (Å²) < 4.78 is 0. The van der Waals surface area contributed by atoms with Crippen LogP contribution in [-0.4, -0.2) is 10.9 Å². The molecular weight excluding hydrogens is 342 g/mol. The molecule has 3 saturated carbocycles. The second-order valence-electron chi connectivity index (χ2n) is 10.5. The molecule has 0 spiro atoms. The van der Waals surface area contributed by atoms with E-state index >= 15 is 0 Å². The van der Waals surface area contributed by atoms with Crippen molar-refractivity contribution in [2.75, 3.05) is 0 Å². The Hall–Kier alpha value is -1.05. The zero-order valence-electron chi connectivity index (χ0n) is 18.4. The average Bonchev–Trinajstić information content (AvgIpc) is 3.02. The molecule has 0 aromatic carbocycles. The van der Waals surface area contributed by atoms with Gasteiger partial charge >= 0.3 is 0 Å². The summed E-state index contributed by atoms with van der Waals surface area (Å²) in [6, 6.07) is 0. The highest BCUT2D eigenvalue weighted by atomic mass is 16.4. The highest BCUT2D eigenvalue weighted by Crippen LogP contribution is 2.68. The summed E-state index contributed by atoms with van der Waals surface area (Å²) in [5.41, 5.74) is 3.12. The van der Waals surface area contributed by atoms with Crippen molar-refractivity contribution in [2.45, 2.75) is 85.0 Å². The van der Waals surface area contributed by atoms with Crippen molar-refractivity contribution in [3.63, 3.8) is 0 Å². The third-order valence-corrected chi connectivity index (χ3v) is 9.78. The third kappa shape index (κ3) is 3.01. The molecule has 0 bridgehead atoms. The Morgan fingerprint density at radius 2 is 2.14 bits per heavy atom. The topological polar surface area (TPSA) is 32.6 Å². The largest absolute Gasteiger partial charge is 0.411 e. The van der Waals surface area contributed by atoms with Gasteiger partial charge in [-0.3, -0.25) is 0 Å². The van der Waals surface area contributed by atoms with Crippen LogP contribution in [0.25, 0.3) is 0 Å². The molecule has 0 heterocycles. The van der Waals surface area contributed by atoms with Crippen molar-refractivity contribution in [2.24, 2.45) is 52.0 Å². The van der Waals surface area contributed by atoms with E-state index < -0.39 is 0 Å². The Labute approximate surface area is 172 Å². The SMILES string of the molecule is C=CCCC1C(C)CC2C3C(CC)CC4=C/C(=N/O)CCC4C3CCC12CC. The van der Waals surface area contributed by atoms with E-state index in [0.29, 0.717) is 5.41 Å². The van der Waals surface area contributed by atoms with Gasteiger partial charge in [-0.2, -0.15) is 0 Å². The third-order valence-electron chi connectivity index (χ3n) is 9.78. The molecule has 1 N–H and O–H groups in total. The van der Waals surface area contributed by atoms with Gasteiger partial charge < -0.3 is 5.21 Å². The van der Waals surface area contributed by atoms with Gasteiger partial charge in [0.25, 0.3) is 0 Å². The number of fused-ring (bicyclic) bond motifs is 5. The maximum atomic E-state index is 9.29. The molecular formula is C26H41NO. The molecule has 0 amide bonds. The lowest BCUT2D eigenvalue weighted by molar-refractivity contribution is -0.0634. The lowest BCUT2D eigenvalue weighted by Crippen LogP contribution is -2.50. The van der Waals surface area contributed by atoms with Crippen LogP contribution in [0.4, 0.5) is 0 Å². The Balaban J connectivity index is 1.67. The van der Waals surface area contributed by atoms with Crippen molar-refractivity contribution in [1.82, 2.24) is 0 Å². The molecule has 0 aromatic heterocycles. The quantitative estimate of drug-likeness (QED) is 0.303. The van der Waals surface area contributed by atoms with E-state index in [2.05, 4.69) is 44.7 Å². The summed E-state index contributed by atoms with van der Waals surface area (Å²) in [4.78, 5) is 0. The molecule has 0 saturated heterocycles. The fourth-order valence-electron chi connectivity index (χ4n) is 8.71. The summed E-state index contributed by atoms with van der Waals surface area (Å²) in [5.74, 6) is 6.08. The van der Waals surface area contributed by atoms with E-state index in [1.54, 1.807) is 5.57 Å². The number of hydrogen-bond acceptors (Lipinski definition) is 2. The molecule has 0 radical (unpaired) electrons. The molecule has 8 unspecified atom stereocenters. The van der Waals surface area contributed by atoms with Crippen LogP contribution < -0.4 is 0 Å². The lowest BCUT2D eigenvalue weighted by Gasteiger charge is -2.58. The first-order chi connectivity index (χ1) is 13.6. The van der Waals surface area contributed by atoms with Gasteiger partial charge in [-0.1, -0.05) is 44.0 Å². The van der Waals surface area contributed by atoms with Gasteiger partial charge in [0.05, 0.1) is 5.71 Å². The lowest BCUT2D eigenvalue weighted by atomic mass is 9.47. The molecule has 2 nitrogen and oxygen atoms in total. The van der Waals surface area contributed by atoms with Gasteiger partial charge in [-0.25, -0.2) is 0 Å². The minimum atomic E-state index is 0.588. The normalized spacial score (nSPS) is 46.5. The minimum Gasteiger partial charge on any atom is -0.411 e. The van der Waals surface area contributed by atoms with Gasteiger partial charge in [0, 0.05) is 0 Å². The van der Waals surface area contributed by atoms with Crippen LogP contribution >= 0.6 is 0 Å². The number of nitrogens with zero attached hydrogens (tertiary/aromatic N) is 1. The number of oxime groups is 1. The predicted octanol–water partition coefficient (Wildman–Crippen LogP) is 7.24. The second-order valence-corrected chi connectivity index (χ2v) is 10.5. The summed E-state index contributed by atoms with van der Waals surface area (Å²) in [5, 5.41) is 12.8. The summed E-state index contributed by atoms with van der Waals surface area (Å²) >= 11 is 0. The van der Waals surface area contributed by atoms with Crippen LogP contribution in [0.2, 0.25) is 0 Å².